The van der Waals surface area contributed by atoms with Gasteiger partial charge in [-0.25, -0.2) is 18.6 Å². The molecule has 0 amide bonds. The molecule has 2 aromatic heterocycles. The molecule has 0 aliphatic carbocycles. The number of nitrogens with two attached hydrogens (primary N) is 1. The summed E-state index contributed by atoms with van der Waals surface area (Å²) in [5.74, 6) is -1.75. The van der Waals surface area contributed by atoms with E-state index >= 15 is 0 Å². The molecule has 0 unspecified atom stereocenters. The Kier molecular flexibility index (Phi) is 7.93. The Labute approximate surface area is 240 Å². The predicted octanol–water partition coefficient (Wildman–Crippen LogP) is 6.15. The number of hydrogen-bond donors (Lipinski definition) is 1. The van der Waals surface area contributed by atoms with Crippen molar-refractivity contribution in [1.82, 2.24) is 14.1 Å². The standard InChI is InChI=1S/C30H23F5N4O2S/c1-17-26(25-16-42-27(37-25)19-9-5-10-20(13-19)30(33,34)35)28(40)39(15-24(36)18-7-3-2-4-8-18)29(41)38(17)14-21-22(31)11-6-12-23(21)32/h2-13,16,24H,14-15,36H2,1H3/t24-/m0/s1. The Balaban J connectivity index is 1.67. The van der Waals surface area contributed by atoms with Crippen LogP contribution in [0.4, 0.5) is 22.0 Å². The SMILES string of the molecule is Cc1c(-c2csc(-c3cccc(C(F)(F)F)c3)n2)c(=O)n(C[C@H](N)c2ccccc2)c(=O)n1Cc1c(F)cccc1F. The molecule has 0 fully saturated rings. The molecule has 3 aromatic carbocycles. The number of alkyl halides is 3. The molecule has 0 saturated carbocycles. The number of hydrogen-bond acceptors (Lipinski definition) is 5. The molecule has 2 N–H and O–H groups in total. The van der Waals surface area contributed by atoms with Crippen LogP contribution in [-0.4, -0.2) is 14.1 Å². The molecule has 6 nitrogen and oxygen atoms in total. The average Bonchev–Trinajstić information content (AvgIpc) is 3.44. The van der Waals surface area contributed by atoms with Crippen LogP contribution in [0.3, 0.4) is 0 Å². The van der Waals surface area contributed by atoms with Crippen molar-refractivity contribution in [3.05, 3.63) is 133 Å². The fourth-order valence-electron chi connectivity index (χ4n) is 4.64. The lowest BCUT2D eigenvalue weighted by Crippen LogP contribution is -2.44. The number of aromatic nitrogens is 3. The molecular formula is C30H23F5N4O2S. The number of halogens is 5. The first-order valence-electron chi connectivity index (χ1n) is 12.7. The minimum Gasteiger partial charge on any atom is -0.322 e. The van der Waals surface area contributed by atoms with Crippen molar-refractivity contribution in [2.45, 2.75) is 32.2 Å². The second-order valence-electron chi connectivity index (χ2n) is 9.58. The molecule has 0 bridgehead atoms. The van der Waals surface area contributed by atoms with Gasteiger partial charge < -0.3 is 5.73 Å². The molecule has 12 heteroatoms. The van der Waals surface area contributed by atoms with Crippen molar-refractivity contribution < 1.29 is 22.0 Å². The van der Waals surface area contributed by atoms with Crippen molar-refractivity contribution in [1.29, 1.82) is 0 Å². The van der Waals surface area contributed by atoms with Gasteiger partial charge in [-0.3, -0.25) is 13.9 Å². The van der Waals surface area contributed by atoms with Gasteiger partial charge in [-0.1, -0.05) is 48.5 Å². The highest BCUT2D eigenvalue weighted by atomic mass is 32.1. The number of benzene rings is 3. The van der Waals surface area contributed by atoms with Gasteiger partial charge in [0.05, 0.1) is 29.9 Å². The zero-order valence-corrected chi connectivity index (χ0v) is 22.8. The second-order valence-corrected chi connectivity index (χ2v) is 10.4. The van der Waals surface area contributed by atoms with Crippen LogP contribution in [0, 0.1) is 18.6 Å². The molecule has 2 heterocycles. The molecule has 0 aliphatic rings. The van der Waals surface area contributed by atoms with Gasteiger partial charge in [0.1, 0.15) is 16.6 Å². The van der Waals surface area contributed by atoms with Crippen molar-refractivity contribution in [2.24, 2.45) is 5.73 Å². The maximum Gasteiger partial charge on any atom is 0.416 e. The van der Waals surface area contributed by atoms with Gasteiger partial charge >= 0.3 is 11.9 Å². The summed E-state index contributed by atoms with van der Waals surface area (Å²) in [4.78, 5) is 31.9. The van der Waals surface area contributed by atoms with E-state index in [9.17, 15) is 31.5 Å². The van der Waals surface area contributed by atoms with Crippen molar-refractivity contribution >= 4 is 11.3 Å². The average molecular weight is 599 g/mol. The van der Waals surface area contributed by atoms with Gasteiger partial charge in [-0.05, 0) is 36.8 Å². The lowest BCUT2D eigenvalue weighted by molar-refractivity contribution is -0.137. The topological polar surface area (TPSA) is 82.9 Å². The third-order valence-electron chi connectivity index (χ3n) is 6.87. The van der Waals surface area contributed by atoms with Crippen LogP contribution < -0.4 is 17.0 Å². The number of nitrogens with zero attached hydrogens (tertiary/aromatic N) is 3. The highest BCUT2D eigenvalue weighted by Gasteiger charge is 2.31. The Morgan fingerprint density at radius 2 is 1.60 bits per heavy atom. The van der Waals surface area contributed by atoms with E-state index in [-0.39, 0.29) is 39.6 Å². The van der Waals surface area contributed by atoms with Gasteiger partial charge in [-0.15, -0.1) is 11.3 Å². The molecule has 1 atom stereocenters. The lowest BCUT2D eigenvalue weighted by atomic mass is 10.1. The van der Waals surface area contributed by atoms with Crippen LogP contribution in [0.2, 0.25) is 0 Å². The highest BCUT2D eigenvalue weighted by Crippen LogP contribution is 2.34. The van der Waals surface area contributed by atoms with E-state index in [2.05, 4.69) is 4.98 Å². The molecule has 0 aliphatic heterocycles. The summed E-state index contributed by atoms with van der Waals surface area (Å²) in [6.07, 6.45) is -4.56. The van der Waals surface area contributed by atoms with Crippen LogP contribution in [0.5, 0.6) is 0 Å². The first-order chi connectivity index (χ1) is 20.0. The third-order valence-corrected chi connectivity index (χ3v) is 7.76. The summed E-state index contributed by atoms with van der Waals surface area (Å²) in [6.45, 7) is 0.669. The summed E-state index contributed by atoms with van der Waals surface area (Å²) in [5, 5.41) is 1.69. The molecule has 5 aromatic rings. The van der Waals surface area contributed by atoms with E-state index in [4.69, 9.17) is 5.73 Å². The normalized spacial score (nSPS) is 12.5. The van der Waals surface area contributed by atoms with Crippen LogP contribution in [0.1, 0.15) is 28.4 Å². The molecule has 5 rings (SSSR count). The Bertz CT molecular complexity index is 1860. The van der Waals surface area contributed by atoms with Crippen LogP contribution in [0.25, 0.3) is 21.8 Å². The zero-order valence-electron chi connectivity index (χ0n) is 22.0. The van der Waals surface area contributed by atoms with Gasteiger partial charge in [-0.2, -0.15) is 13.2 Å². The van der Waals surface area contributed by atoms with E-state index < -0.39 is 47.2 Å². The quantitative estimate of drug-likeness (QED) is 0.228. The predicted molar refractivity (Wildman–Crippen MR) is 150 cm³/mol. The third kappa shape index (κ3) is 5.68. The fourth-order valence-corrected chi connectivity index (χ4v) is 5.44. The van der Waals surface area contributed by atoms with Gasteiger partial charge in [0.2, 0.25) is 0 Å². The summed E-state index contributed by atoms with van der Waals surface area (Å²) in [5.41, 5.74) is 4.51. The minimum atomic E-state index is -4.56. The Morgan fingerprint density at radius 1 is 0.929 bits per heavy atom. The monoisotopic (exact) mass is 598 g/mol. The molecule has 42 heavy (non-hydrogen) atoms. The van der Waals surface area contributed by atoms with Crippen molar-refractivity contribution in [3.8, 4) is 21.8 Å². The Hall–Kier alpha value is -4.42. The van der Waals surface area contributed by atoms with E-state index in [0.717, 1.165) is 44.7 Å². The first-order valence-corrected chi connectivity index (χ1v) is 13.5. The zero-order chi connectivity index (χ0) is 30.2. The van der Waals surface area contributed by atoms with Crippen LogP contribution in [-0.2, 0) is 19.3 Å². The van der Waals surface area contributed by atoms with Crippen LogP contribution >= 0.6 is 11.3 Å². The summed E-state index contributed by atoms with van der Waals surface area (Å²) in [6, 6.07) is 15.9. The van der Waals surface area contributed by atoms with E-state index in [1.54, 1.807) is 30.3 Å². The lowest BCUT2D eigenvalue weighted by Gasteiger charge is -2.19. The molecule has 0 saturated heterocycles. The molecular weight excluding hydrogens is 575 g/mol. The van der Waals surface area contributed by atoms with Gasteiger partial charge in [0.25, 0.3) is 5.56 Å². The van der Waals surface area contributed by atoms with E-state index in [1.807, 2.05) is 0 Å². The van der Waals surface area contributed by atoms with Gasteiger partial charge in [0, 0.05) is 28.2 Å². The van der Waals surface area contributed by atoms with E-state index in [1.165, 1.54) is 30.5 Å². The first kappa shape index (κ1) is 29.1. The largest absolute Gasteiger partial charge is 0.416 e. The smallest absolute Gasteiger partial charge is 0.322 e. The number of rotatable bonds is 7. The van der Waals surface area contributed by atoms with Crippen molar-refractivity contribution in [3.63, 3.8) is 0 Å². The van der Waals surface area contributed by atoms with Crippen molar-refractivity contribution in [2.75, 3.05) is 0 Å². The highest BCUT2D eigenvalue weighted by molar-refractivity contribution is 7.13. The maximum atomic E-state index is 14.6. The maximum absolute atomic E-state index is 14.6. The summed E-state index contributed by atoms with van der Waals surface area (Å²) < 4.78 is 71.0. The van der Waals surface area contributed by atoms with E-state index in [0.29, 0.717) is 5.56 Å². The van der Waals surface area contributed by atoms with Crippen LogP contribution in [0.15, 0.2) is 87.8 Å². The summed E-state index contributed by atoms with van der Waals surface area (Å²) in [7, 11) is 0. The summed E-state index contributed by atoms with van der Waals surface area (Å²) >= 11 is 1.01. The molecule has 0 radical (unpaired) electrons. The molecule has 216 valence electrons. The fraction of sp³-hybridized carbons (Fsp3) is 0.167. The molecule has 0 spiro atoms. The second kappa shape index (κ2) is 11.5. The number of thiazole rings is 1. The van der Waals surface area contributed by atoms with Gasteiger partial charge in [0.15, 0.2) is 0 Å². The Morgan fingerprint density at radius 3 is 2.26 bits per heavy atom. The minimum absolute atomic E-state index is 0.0407.